The van der Waals surface area contributed by atoms with Crippen LogP contribution >= 0.6 is 0 Å². The number of aromatic nitrogens is 3. The largest absolute Gasteiger partial charge is 0.309 e. The Bertz CT molecular complexity index is 4350. The van der Waals surface area contributed by atoms with Gasteiger partial charge in [-0.2, -0.15) is 0 Å². The van der Waals surface area contributed by atoms with Crippen LogP contribution in [0.15, 0.2) is 297 Å². The Morgan fingerprint density at radius 1 is 0.175 bits per heavy atom. The molecule has 15 rings (SSSR count). The molecule has 0 aliphatic carbocycles. The fourth-order valence-corrected chi connectivity index (χ4v) is 11.8. The van der Waals surface area contributed by atoms with Crippen LogP contribution in [0.1, 0.15) is 0 Å². The number of anilines is 6. The number of hydrogen-bond donors (Lipinski definition) is 0. The van der Waals surface area contributed by atoms with Crippen molar-refractivity contribution in [1.82, 2.24) is 15.0 Å². The lowest BCUT2D eigenvalue weighted by atomic mass is 9.91. The quantitative estimate of drug-likeness (QED) is 0.152. The van der Waals surface area contributed by atoms with Gasteiger partial charge in [-0.15, -0.1) is 0 Å². The van der Waals surface area contributed by atoms with E-state index in [1.54, 1.807) is 0 Å². The summed E-state index contributed by atoms with van der Waals surface area (Å²) in [4.78, 5) is 20.0. The van der Waals surface area contributed by atoms with Gasteiger partial charge in [-0.25, -0.2) is 15.0 Å². The summed E-state index contributed by atoms with van der Waals surface area (Å²) in [5, 5.41) is 0. The van der Waals surface area contributed by atoms with Gasteiger partial charge in [0.05, 0.1) is 22.7 Å². The second-order valence-corrected chi connectivity index (χ2v) is 20.3. The minimum atomic E-state index is 0.614. The Hall–Kier alpha value is -10.8. The van der Waals surface area contributed by atoms with Gasteiger partial charge in [0, 0.05) is 50.3 Å². The number of hydrogen-bond acceptors (Lipinski definition) is 5. The normalized spacial score (nSPS) is 11.9. The summed E-state index contributed by atoms with van der Waals surface area (Å²) >= 11 is 0. The van der Waals surface area contributed by atoms with E-state index in [1.807, 2.05) is 60.7 Å². The lowest BCUT2D eigenvalue weighted by Gasteiger charge is -2.29. The van der Waals surface area contributed by atoms with Gasteiger partial charge >= 0.3 is 0 Å². The van der Waals surface area contributed by atoms with Crippen LogP contribution in [0, 0.1) is 0 Å². The van der Waals surface area contributed by atoms with E-state index < -0.39 is 0 Å². The Labute approximate surface area is 465 Å². The minimum Gasteiger partial charge on any atom is -0.309 e. The van der Waals surface area contributed by atoms with Gasteiger partial charge in [-0.3, -0.25) is 0 Å². The van der Waals surface area contributed by atoms with Crippen LogP contribution in [0.3, 0.4) is 0 Å². The van der Waals surface area contributed by atoms with E-state index in [0.29, 0.717) is 17.5 Å². The molecule has 80 heavy (non-hydrogen) atoms. The SMILES string of the molecule is c1ccc(-c2cc(-c3ccccc3)cc(N3c4ccccc4-c4ccccc4-c4cc(-c5ccc6c(c5)N(c5ccc(-c7nc(-c8ccccc8)nc(-c8ccccc8)n7)cc5)c5ccccc5-c5ccccc5-6)ccc43)c2)cc1. The first kappa shape index (κ1) is 46.5. The zero-order valence-corrected chi connectivity index (χ0v) is 43.5. The Morgan fingerprint density at radius 3 is 1.00 bits per heavy atom. The predicted octanol–water partition coefficient (Wildman–Crippen LogP) is 20.1. The molecule has 3 heterocycles. The molecular weight excluding hydrogens is 971 g/mol. The molecule has 0 atom stereocenters. The van der Waals surface area contributed by atoms with Gasteiger partial charge in [0.25, 0.3) is 0 Å². The Morgan fingerprint density at radius 2 is 0.512 bits per heavy atom. The summed E-state index contributed by atoms with van der Waals surface area (Å²) in [6, 6.07) is 107. The molecule has 5 heteroatoms. The third kappa shape index (κ3) is 8.24. The molecule has 0 bridgehead atoms. The van der Waals surface area contributed by atoms with E-state index in [9.17, 15) is 0 Å². The van der Waals surface area contributed by atoms with Gasteiger partial charge in [-0.05, 0) is 128 Å². The average Bonchev–Trinajstić information content (AvgIpc) is 3.85. The van der Waals surface area contributed by atoms with Crippen molar-refractivity contribution in [2.75, 3.05) is 9.80 Å². The maximum Gasteiger partial charge on any atom is 0.164 e. The van der Waals surface area contributed by atoms with Gasteiger partial charge in [-0.1, -0.05) is 224 Å². The first-order valence-electron chi connectivity index (χ1n) is 27.2. The van der Waals surface area contributed by atoms with Crippen LogP contribution in [-0.2, 0) is 0 Å². The summed E-state index contributed by atoms with van der Waals surface area (Å²) in [7, 11) is 0. The molecule has 374 valence electrons. The van der Waals surface area contributed by atoms with E-state index in [0.717, 1.165) is 89.8 Å². The highest BCUT2D eigenvalue weighted by Crippen LogP contribution is 2.55. The molecule has 13 aromatic rings. The molecule has 1 aromatic heterocycles. The van der Waals surface area contributed by atoms with Crippen molar-refractivity contribution >= 4 is 34.1 Å². The third-order valence-corrected chi connectivity index (χ3v) is 15.6. The van der Waals surface area contributed by atoms with Crippen molar-refractivity contribution in [3.8, 4) is 112 Å². The van der Waals surface area contributed by atoms with Crippen LogP contribution in [0.25, 0.3) is 112 Å². The molecule has 0 spiro atoms. The predicted molar refractivity (Wildman–Crippen MR) is 331 cm³/mol. The summed E-state index contributed by atoms with van der Waals surface area (Å²) in [5.41, 5.74) is 25.6. The minimum absolute atomic E-state index is 0.614. The monoisotopic (exact) mass is 1020 g/mol. The molecule has 0 N–H and O–H groups in total. The van der Waals surface area contributed by atoms with Crippen molar-refractivity contribution in [2.24, 2.45) is 0 Å². The highest BCUT2D eigenvalue weighted by Gasteiger charge is 2.30. The Kier molecular flexibility index (Phi) is 11.4. The van der Waals surface area contributed by atoms with Gasteiger partial charge in [0.1, 0.15) is 0 Å². The zero-order chi connectivity index (χ0) is 52.9. The first-order valence-corrected chi connectivity index (χ1v) is 27.2. The lowest BCUT2D eigenvalue weighted by molar-refractivity contribution is 1.07. The Balaban J connectivity index is 0.895. The maximum atomic E-state index is 5.08. The molecule has 2 aliphatic heterocycles. The van der Waals surface area contributed by atoms with Crippen LogP contribution in [0.5, 0.6) is 0 Å². The molecule has 12 aromatic carbocycles. The summed E-state index contributed by atoms with van der Waals surface area (Å²) in [5.74, 6) is 1.88. The molecule has 5 nitrogen and oxygen atoms in total. The summed E-state index contributed by atoms with van der Waals surface area (Å²) in [6.45, 7) is 0. The van der Waals surface area contributed by atoms with Crippen molar-refractivity contribution < 1.29 is 0 Å². The van der Waals surface area contributed by atoms with Crippen LogP contribution in [-0.4, -0.2) is 15.0 Å². The molecule has 0 fully saturated rings. The highest BCUT2D eigenvalue weighted by molar-refractivity contribution is 6.06. The standard InChI is InChI=1S/C75H49N5/c1-5-21-50(22-6-1)57-45-58(51-23-7-2-8-24-51)47-60(46-57)80-70-36-20-18-34-66(70)63-31-15-16-32-64(63)68-48-55(40-44-71(68)80)56-39-43-67-62-30-14-13-29-61(62)65-33-17-19-35-69(65)79(72(67)49-56)59-41-37-54(38-42-59)75-77-73(52-25-9-3-10-26-52)76-74(78-75)53-27-11-4-12-28-53/h1-49H. The van der Waals surface area contributed by atoms with Crippen molar-refractivity contribution in [1.29, 1.82) is 0 Å². The molecule has 0 saturated carbocycles. The van der Waals surface area contributed by atoms with E-state index in [1.165, 1.54) is 38.9 Å². The summed E-state index contributed by atoms with van der Waals surface area (Å²) < 4.78 is 0. The van der Waals surface area contributed by atoms with Crippen molar-refractivity contribution in [3.63, 3.8) is 0 Å². The van der Waals surface area contributed by atoms with Gasteiger partial charge < -0.3 is 9.80 Å². The average molecular weight is 1020 g/mol. The summed E-state index contributed by atoms with van der Waals surface area (Å²) in [6.07, 6.45) is 0. The van der Waals surface area contributed by atoms with E-state index in [-0.39, 0.29) is 0 Å². The fourth-order valence-electron chi connectivity index (χ4n) is 11.8. The second-order valence-electron chi connectivity index (χ2n) is 20.3. The van der Waals surface area contributed by atoms with Crippen LogP contribution in [0.4, 0.5) is 34.1 Å². The molecular formula is C75H49N5. The smallest absolute Gasteiger partial charge is 0.164 e. The number of rotatable bonds is 8. The third-order valence-electron chi connectivity index (χ3n) is 15.6. The van der Waals surface area contributed by atoms with Gasteiger partial charge in [0.2, 0.25) is 0 Å². The van der Waals surface area contributed by atoms with E-state index in [2.05, 4.69) is 246 Å². The molecule has 0 unspecified atom stereocenters. The number of para-hydroxylation sites is 2. The van der Waals surface area contributed by atoms with Gasteiger partial charge in [0.15, 0.2) is 17.5 Å². The fraction of sp³-hybridized carbons (Fsp3) is 0. The van der Waals surface area contributed by atoms with Crippen molar-refractivity contribution in [3.05, 3.63) is 297 Å². The zero-order valence-electron chi connectivity index (χ0n) is 43.5. The molecule has 0 amide bonds. The maximum absolute atomic E-state index is 5.08. The van der Waals surface area contributed by atoms with E-state index in [4.69, 9.17) is 15.0 Å². The second kappa shape index (κ2) is 19.7. The molecule has 0 saturated heterocycles. The van der Waals surface area contributed by atoms with E-state index >= 15 is 0 Å². The topological polar surface area (TPSA) is 45.2 Å². The molecule has 0 radical (unpaired) electrons. The van der Waals surface area contributed by atoms with Crippen LogP contribution in [0.2, 0.25) is 0 Å². The lowest BCUT2D eigenvalue weighted by Crippen LogP contribution is -2.12. The highest BCUT2D eigenvalue weighted by atomic mass is 15.2. The molecule has 2 aliphatic rings. The number of nitrogens with zero attached hydrogens (tertiary/aromatic N) is 5. The van der Waals surface area contributed by atoms with Crippen LogP contribution < -0.4 is 9.80 Å². The number of fused-ring (bicyclic) bond motifs is 10. The first-order chi connectivity index (χ1) is 39.7. The number of benzene rings is 12. The van der Waals surface area contributed by atoms with Crippen molar-refractivity contribution in [2.45, 2.75) is 0 Å².